The molecule has 0 amide bonds. The summed E-state index contributed by atoms with van der Waals surface area (Å²) in [7, 11) is 0. The molecular weight excluding hydrogens is 345 g/mol. The number of hydrogen-bond acceptors (Lipinski definition) is 2. The standard InChI is InChI=1S/C15H12BrClFNO/c16-12-6-9(18)7-13(17)15(12)19-14-4-1-8-5-10(20)2-3-11(8)14/h2-3,5-7,14,19-20H,1,4H2. The van der Waals surface area contributed by atoms with Gasteiger partial charge in [0.25, 0.3) is 0 Å². The Labute approximate surface area is 129 Å². The molecule has 2 aromatic carbocycles. The molecule has 1 atom stereocenters. The highest BCUT2D eigenvalue weighted by Crippen LogP contribution is 2.39. The van der Waals surface area contributed by atoms with E-state index >= 15 is 0 Å². The number of halogens is 3. The topological polar surface area (TPSA) is 32.3 Å². The van der Waals surface area contributed by atoms with E-state index in [0.717, 1.165) is 24.0 Å². The van der Waals surface area contributed by atoms with E-state index in [4.69, 9.17) is 11.6 Å². The van der Waals surface area contributed by atoms with Crippen LogP contribution in [0.2, 0.25) is 5.02 Å². The Hall–Kier alpha value is -1.26. The van der Waals surface area contributed by atoms with E-state index in [1.807, 2.05) is 6.07 Å². The zero-order valence-corrected chi connectivity index (χ0v) is 12.8. The van der Waals surface area contributed by atoms with E-state index < -0.39 is 0 Å². The van der Waals surface area contributed by atoms with Gasteiger partial charge in [0, 0.05) is 4.47 Å². The van der Waals surface area contributed by atoms with E-state index in [0.29, 0.717) is 15.2 Å². The Morgan fingerprint density at radius 2 is 2.10 bits per heavy atom. The van der Waals surface area contributed by atoms with Gasteiger partial charge >= 0.3 is 0 Å². The molecular formula is C15H12BrClFNO. The van der Waals surface area contributed by atoms with Crippen LogP contribution in [0.1, 0.15) is 23.6 Å². The summed E-state index contributed by atoms with van der Waals surface area (Å²) in [4.78, 5) is 0. The minimum Gasteiger partial charge on any atom is -0.508 e. The molecule has 0 bridgehead atoms. The molecule has 0 aromatic heterocycles. The van der Waals surface area contributed by atoms with Gasteiger partial charge in [-0.2, -0.15) is 0 Å². The van der Waals surface area contributed by atoms with Crippen LogP contribution in [0.4, 0.5) is 10.1 Å². The minimum absolute atomic E-state index is 0.116. The summed E-state index contributed by atoms with van der Waals surface area (Å²) in [5.74, 6) is -0.0884. The lowest BCUT2D eigenvalue weighted by molar-refractivity contribution is 0.474. The van der Waals surface area contributed by atoms with E-state index in [2.05, 4.69) is 21.2 Å². The first-order chi connectivity index (χ1) is 9.54. The molecule has 0 radical (unpaired) electrons. The van der Waals surface area contributed by atoms with E-state index in [1.165, 1.54) is 12.1 Å². The highest BCUT2D eigenvalue weighted by molar-refractivity contribution is 9.10. The Bertz CT molecular complexity index is 654. The molecule has 0 aliphatic heterocycles. The van der Waals surface area contributed by atoms with Crippen molar-refractivity contribution in [3.63, 3.8) is 0 Å². The maximum absolute atomic E-state index is 13.2. The molecule has 104 valence electrons. The number of fused-ring (bicyclic) bond motifs is 1. The number of aryl methyl sites for hydroxylation is 1. The maximum Gasteiger partial charge on any atom is 0.125 e. The van der Waals surface area contributed by atoms with Crippen LogP contribution in [0.15, 0.2) is 34.8 Å². The van der Waals surface area contributed by atoms with Crippen LogP contribution in [-0.2, 0) is 6.42 Å². The molecule has 1 unspecified atom stereocenters. The van der Waals surface area contributed by atoms with Crippen molar-refractivity contribution in [3.8, 4) is 5.75 Å². The molecule has 0 fully saturated rings. The van der Waals surface area contributed by atoms with Crippen LogP contribution in [0.25, 0.3) is 0 Å². The number of rotatable bonds is 2. The van der Waals surface area contributed by atoms with Crippen molar-refractivity contribution >= 4 is 33.2 Å². The normalized spacial score (nSPS) is 17.1. The fourth-order valence-corrected chi connectivity index (χ4v) is 3.53. The first-order valence-corrected chi connectivity index (χ1v) is 7.44. The molecule has 0 spiro atoms. The van der Waals surface area contributed by atoms with Crippen LogP contribution >= 0.6 is 27.5 Å². The molecule has 0 saturated heterocycles. The molecule has 2 aromatic rings. The number of benzene rings is 2. The van der Waals surface area contributed by atoms with Crippen LogP contribution in [0, 0.1) is 5.82 Å². The van der Waals surface area contributed by atoms with Gasteiger partial charge in [0.05, 0.1) is 16.8 Å². The van der Waals surface area contributed by atoms with Gasteiger partial charge in [-0.3, -0.25) is 0 Å². The van der Waals surface area contributed by atoms with Gasteiger partial charge in [-0.15, -0.1) is 0 Å². The fourth-order valence-electron chi connectivity index (χ4n) is 2.61. The number of phenolic OH excluding ortho intramolecular Hbond substituents is 1. The van der Waals surface area contributed by atoms with Gasteiger partial charge in [0.15, 0.2) is 0 Å². The second-order valence-corrected chi connectivity index (χ2v) is 6.12. The summed E-state index contributed by atoms with van der Waals surface area (Å²) in [6.45, 7) is 0. The molecule has 3 rings (SSSR count). The highest BCUT2D eigenvalue weighted by atomic mass is 79.9. The predicted octanol–water partition coefficient (Wildman–Crippen LogP) is 5.05. The second-order valence-electron chi connectivity index (χ2n) is 4.86. The van der Waals surface area contributed by atoms with Gasteiger partial charge in [0.2, 0.25) is 0 Å². The third-order valence-corrected chi connectivity index (χ3v) is 4.45. The molecule has 20 heavy (non-hydrogen) atoms. The Kier molecular flexibility index (Phi) is 3.61. The van der Waals surface area contributed by atoms with Gasteiger partial charge in [0.1, 0.15) is 11.6 Å². The molecule has 2 nitrogen and oxygen atoms in total. The van der Waals surface area contributed by atoms with Crippen molar-refractivity contribution in [1.82, 2.24) is 0 Å². The van der Waals surface area contributed by atoms with Crippen LogP contribution in [0.5, 0.6) is 5.75 Å². The molecule has 0 saturated carbocycles. The summed E-state index contributed by atoms with van der Waals surface area (Å²) in [6.07, 6.45) is 1.82. The third kappa shape index (κ3) is 2.50. The quantitative estimate of drug-likeness (QED) is 0.789. The van der Waals surface area contributed by atoms with E-state index in [-0.39, 0.29) is 17.6 Å². The molecule has 0 heterocycles. The summed E-state index contributed by atoms with van der Waals surface area (Å²) in [6, 6.07) is 8.19. The van der Waals surface area contributed by atoms with Crippen LogP contribution in [0.3, 0.4) is 0 Å². The smallest absolute Gasteiger partial charge is 0.125 e. The fraction of sp³-hybridized carbons (Fsp3) is 0.200. The summed E-state index contributed by atoms with van der Waals surface area (Å²) in [5.41, 5.74) is 2.98. The van der Waals surface area contributed by atoms with Crippen molar-refractivity contribution in [2.45, 2.75) is 18.9 Å². The first-order valence-electron chi connectivity index (χ1n) is 6.27. The Morgan fingerprint density at radius 3 is 2.85 bits per heavy atom. The summed E-state index contributed by atoms with van der Waals surface area (Å²) in [5, 5.41) is 13.2. The zero-order valence-electron chi connectivity index (χ0n) is 10.5. The summed E-state index contributed by atoms with van der Waals surface area (Å²) < 4.78 is 13.8. The van der Waals surface area contributed by atoms with Crippen molar-refractivity contribution in [1.29, 1.82) is 0 Å². The largest absolute Gasteiger partial charge is 0.508 e. The number of anilines is 1. The lowest BCUT2D eigenvalue weighted by Crippen LogP contribution is -2.08. The van der Waals surface area contributed by atoms with Gasteiger partial charge in [-0.05, 0) is 64.2 Å². The molecule has 5 heteroatoms. The third-order valence-electron chi connectivity index (χ3n) is 3.53. The lowest BCUT2D eigenvalue weighted by atomic mass is 10.1. The first kappa shape index (κ1) is 13.7. The maximum atomic E-state index is 13.2. The Balaban J connectivity index is 1.91. The van der Waals surface area contributed by atoms with Gasteiger partial charge < -0.3 is 10.4 Å². The van der Waals surface area contributed by atoms with Crippen molar-refractivity contribution in [2.75, 3.05) is 5.32 Å². The molecule has 1 aliphatic carbocycles. The van der Waals surface area contributed by atoms with E-state index in [9.17, 15) is 9.50 Å². The van der Waals surface area contributed by atoms with Gasteiger partial charge in [-0.25, -0.2) is 4.39 Å². The SMILES string of the molecule is Oc1ccc2c(c1)CCC2Nc1c(Cl)cc(F)cc1Br. The number of phenols is 1. The second kappa shape index (κ2) is 5.26. The summed E-state index contributed by atoms with van der Waals surface area (Å²) >= 11 is 9.42. The van der Waals surface area contributed by atoms with Crippen molar-refractivity contribution in [2.24, 2.45) is 0 Å². The lowest BCUT2D eigenvalue weighted by Gasteiger charge is -2.18. The van der Waals surface area contributed by atoms with Crippen LogP contribution in [-0.4, -0.2) is 5.11 Å². The van der Waals surface area contributed by atoms with Crippen molar-refractivity contribution < 1.29 is 9.50 Å². The molecule has 1 aliphatic rings. The number of aromatic hydroxyl groups is 1. The van der Waals surface area contributed by atoms with Crippen LogP contribution < -0.4 is 5.32 Å². The van der Waals surface area contributed by atoms with E-state index in [1.54, 1.807) is 12.1 Å². The zero-order chi connectivity index (χ0) is 14.3. The molecule has 2 N–H and O–H groups in total. The Morgan fingerprint density at radius 1 is 1.30 bits per heavy atom. The van der Waals surface area contributed by atoms with Gasteiger partial charge in [-0.1, -0.05) is 17.7 Å². The predicted molar refractivity (Wildman–Crippen MR) is 81.9 cm³/mol. The monoisotopic (exact) mass is 355 g/mol. The number of nitrogens with one attached hydrogen (secondary N) is 1. The average Bonchev–Trinajstić information content (AvgIpc) is 2.76. The number of hydrogen-bond donors (Lipinski definition) is 2. The highest BCUT2D eigenvalue weighted by Gasteiger charge is 2.24. The minimum atomic E-state index is -0.371. The average molecular weight is 357 g/mol. The van der Waals surface area contributed by atoms with Crippen molar-refractivity contribution in [3.05, 3.63) is 56.8 Å².